The van der Waals surface area contributed by atoms with Gasteiger partial charge in [0.2, 0.25) is 0 Å². The lowest BCUT2D eigenvalue weighted by Crippen LogP contribution is -2.38. The molecule has 3 rings (SSSR count). The summed E-state index contributed by atoms with van der Waals surface area (Å²) in [7, 11) is 0. The lowest BCUT2D eigenvalue weighted by Gasteiger charge is -2.41. The first-order chi connectivity index (χ1) is 10.1. The Kier molecular flexibility index (Phi) is 5.14. The van der Waals surface area contributed by atoms with E-state index in [1.807, 2.05) is 18.2 Å². The summed E-state index contributed by atoms with van der Waals surface area (Å²) in [5.41, 5.74) is 7.62. The zero-order valence-electron chi connectivity index (χ0n) is 12.5. The summed E-state index contributed by atoms with van der Waals surface area (Å²) in [6.45, 7) is 0. The van der Waals surface area contributed by atoms with Crippen LogP contribution in [0, 0.1) is 17.8 Å². The molecule has 2 aliphatic rings. The van der Waals surface area contributed by atoms with Crippen LogP contribution < -0.4 is 5.73 Å². The molecule has 1 aromatic carbocycles. The summed E-state index contributed by atoms with van der Waals surface area (Å²) in [4.78, 5) is 0. The van der Waals surface area contributed by atoms with Gasteiger partial charge in [0.1, 0.15) is 0 Å². The minimum Gasteiger partial charge on any atom is -0.327 e. The highest BCUT2D eigenvalue weighted by Crippen LogP contribution is 2.43. The molecule has 21 heavy (non-hydrogen) atoms. The number of hydrogen-bond acceptors (Lipinski definition) is 1. The van der Waals surface area contributed by atoms with Crippen LogP contribution in [0.2, 0.25) is 10.0 Å². The largest absolute Gasteiger partial charge is 0.327 e. The van der Waals surface area contributed by atoms with Crippen molar-refractivity contribution in [3.8, 4) is 0 Å². The predicted molar refractivity (Wildman–Crippen MR) is 90.9 cm³/mol. The maximum Gasteiger partial charge on any atom is 0.0439 e. The highest BCUT2D eigenvalue weighted by atomic mass is 35.5. The molecule has 0 aromatic heterocycles. The Hall–Kier alpha value is -0.240. The number of nitrogens with two attached hydrogens (primary N) is 1. The van der Waals surface area contributed by atoms with E-state index in [2.05, 4.69) is 0 Å². The Morgan fingerprint density at radius 2 is 1.81 bits per heavy atom. The van der Waals surface area contributed by atoms with E-state index in [4.69, 9.17) is 28.9 Å². The summed E-state index contributed by atoms with van der Waals surface area (Å²) in [6.07, 6.45) is 10.6. The van der Waals surface area contributed by atoms with Crippen molar-refractivity contribution < 1.29 is 0 Å². The Labute approximate surface area is 138 Å². The molecule has 2 N–H and O–H groups in total. The molecule has 0 amide bonds. The fraction of sp³-hybridized carbons (Fsp3) is 0.667. The van der Waals surface area contributed by atoms with E-state index in [0.29, 0.717) is 5.92 Å². The van der Waals surface area contributed by atoms with E-state index < -0.39 is 0 Å². The second kappa shape index (κ2) is 6.89. The average Bonchev–Trinajstić information content (AvgIpc) is 2.50. The smallest absolute Gasteiger partial charge is 0.0439 e. The number of hydrogen-bond donors (Lipinski definition) is 1. The highest BCUT2D eigenvalue weighted by Gasteiger charge is 2.34. The lowest BCUT2D eigenvalue weighted by molar-refractivity contribution is 0.117. The van der Waals surface area contributed by atoms with Gasteiger partial charge in [0.15, 0.2) is 0 Å². The molecule has 1 aromatic rings. The molecule has 0 heterocycles. The van der Waals surface area contributed by atoms with Crippen LogP contribution in [0.3, 0.4) is 0 Å². The minimum absolute atomic E-state index is 0.212. The molecule has 0 bridgehead atoms. The van der Waals surface area contributed by atoms with Crippen LogP contribution in [0.15, 0.2) is 18.2 Å². The molecule has 0 saturated heterocycles. The minimum atomic E-state index is 0.212. The standard InChI is InChI=1S/C18H25Cl2N/c19-16-7-8-17(20)15(10-16)11-18(21)14-6-5-12-3-1-2-4-13(12)9-14/h7-8,10,12-14,18H,1-6,9,11,21H2. The van der Waals surface area contributed by atoms with Gasteiger partial charge in [-0.15, -0.1) is 0 Å². The van der Waals surface area contributed by atoms with Crippen molar-refractivity contribution in [1.82, 2.24) is 0 Å². The number of halogens is 2. The Morgan fingerprint density at radius 1 is 1.05 bits per heavy atom. The normalized spacial score (nSPS) is 30.7. The summed E-state index contributed by atoms with van der Waals surface area (Å²) in [5.74, 6) is 2.56. The number of rotatable bonds is 3. The van der Waals surface area contributed by atoms with Crippen LogP contribution in [0.1, 0.15) is 50.5 Å². The fourth-order valence-corrected chi connectivity index (χ4v) is 4.81. The summed E-state index contributed by atoms with van der Waals surface area (Å²) < 4.78 is 0. The summed E-state index contributed by atoms with van der Waals surface area (Å²) in [5, 5.41) is 1.54. The van der Waals surface area contributed by atoms with Gasteiger partial charge in [-0.25, -0.2) is 0 Å². The molecule has 3 heteroatoms. The maximum atomic E-state index is 6.52. The van der Waals surface area contributed by atoms with E-state index >= 15 is 0 Å². The van der Waals surface area contributed by atoms with E-state index in [-0.39, 0.29) is 6.04 Å². The average molecular weight is 326 g/mol. The monoisotopic (exact) mass is 325 g/mol. The highest BCUT2D eigenvalue weighted by molar-refractivity contribution is 6.33. The molecular formula is C18H25Cl2N. The Bertz CT molecular complexity index is 488. The molecule has 2 saturated carbocycles. The lowest BCUT2D eigenvalue weighted by atomic mass is 9.66. The third-order valence-electron chi connectivity index (χ3n) is 5.65. The topological polar surface area (TPSA) is 26.0 Å². The molecule has 4 unspecified atom stereocenters. The molecule has 4 atom stereocenters. The molecule has 0 aliphatic heterocycles. The van der Waals surface area contributed by atoms with Crippen molar-refractivity contribution in [2.24, 2.45) is 23.5 Å². The van der Waals surface area contributed by atoms with Crippen LogP contribution in [0.4, 0.5) is 0 Å². The third kappa shape index (κ3) is 3.75. The van der Waals surface area contributed by atoms with E-state index in [1.165, 1.54) is 44.9 Å². The maximum absolute atomic E-state index is 6.52. The Balaban J connectivity index is 1.62. The van der Waals surface area contributed by atoms with Gasteiger partial charge in [-0.3, -0.25) is 0 Å². The van der Waals surface area contributed by atoms with Crippen molar-refractivity contribution in [3.05, 3.63) is 33.8 Å². The van der Waals surface area contributed by atoms with Gasteiger partial charge < -0.3 is 5.73 Å². The van der Waals surface area contributed by atoms with Gasteiger partial charge in [-0.05, 0) is 67.2 Å². The second-order valence-electron chi connectivity index (χ2n) is 6.98. The van der Waals surface area contributed by atoms with Crippen molar-refractivity contribution in [2.45, 2.75) is 57.4 Å². The first-order valence-corrected chi connectivity index (χ1v) is 9.08. The first kappa shape index (κ1) is 15.6. The molecule has 116 valence electrons. The van der Waals surface area contributed by atoms with Crippen molar-refractivity contribution in [3.63, 3.8) is 0 Å². The number of benzene rings is 1. The summed E-state index contributed by atoms with van der Waals surface area (Å²) in [6, 6.07) is 5.90. The van der Waals surface area contributed by atoms with Crippen LogP contribution in [0.25, 0.3) is 0 Å². The number of fused-ring (bicyclic) bond motifs is 1. The van der Waals surface area contributed by atoms with Crippen molar-refractivity contribution in [1.29, 1.82) is 0 Å². The van der Waals surface area contributed by atoms with E-state index in [0.717, 1.165) is 33.9 Å². The SMILES string of the molecule is NC(Cc1cc(Cl)ccc1Cl)C1CCC2CCCCC2C1. The van der Waals surface area contributed by atoms with Gasteiger partial charge in [0.25, 0.3) is 0 Å². The molecule has 1 nitrogen and oxygen atoms in total. The van der Waals surface area contributed by atoms with E-state index in [1.54, 1.807) is 0 Å². The third-order valence-corrected chi connectivity index (χ3v) is 6.25. The van der Waals surface area contributed by atoms with Gasteiger partial charge in [0, 0.05) is 16.1 Å². The van der Waals surface area contributed by atoms with Crippen LogP contribution in [0.5, 0.6) is 0 Å². The zero-order valence-corrected chi connectivity index (χ0v) is 14.0. The molecule has 2 fully saturated rings. The second-order valence-corrected chi connectivity index (χ2v) is 7.83. The van der Waals surface area contributed by atoms with Crippen LogP contribution in [-0.2, 0) is 6.42 Å². The molecule has 0 radical (unpaired) electrons. The summed E-state index contributed by atoms with van der Waals surface area (Å²) >= 11 is 12.4. The molecule has 0 spiro atoms. The van der Waals surface area contributed by atoms with E-state index in [9.17, 15) is 0 Å². The van der Waals surface area contributed by atoms with Crippen LogP contribution in [-0.4, -0.2) is 6.04 Å². The molecule has 2 aliphatic carbocycles. The zero-order chi connectivity index (χ0) is 14.8. The van der Waals surface area contributed by atoms with Gasteiger partial charge in [-0.1, -0.05) is 48.9 Å². The van der Waals surface area contributed by atoms with Crippen LogP contribution >= 0.6 is 23.2 Å². The predicted octanol–water partition coefficient (Wildman–Crippen LogP) is 5.47. The van der Waals surface area contributed by atoms with Gasteiger partial charge in [0.05, 0.1) is 0 Å². The van der Waals surface area contributed by atoms with Crippen molar-refractivity contribution in [2.75, 3.05) is 0 Å². The first-order valence-electron chi connectivity index (χ1n) is 8.33. The van der Waals surface area contributed by atoms with Gasteiger partial charge in [-0.2, -0.15) is 0 Å². The molecular weight excluding hydrogens is 301 g/mol. The van der Waals surface area contributed by atoms with Crippen molar-refractivity contribution >= 4 is 23.2 Å². The van der Waals surface area contributed by atoms with Gasteiger partial charge >= 0.3 is 0 Å². The quantitative estimate of drug-likeness (QED) is 0.783. The fourth-order valence-electron chi connectivity index (χ4n) is 4.42. The Morgan fingerprint density at radius 3 is 2.62 bits per heavy atom.